The number of esters is 1. The summed E-state index contributed by atoms with van der Waals surface area (Å²) in [6.07, 6.45) is 8.69. The summed E-state index contributed by atoms with van der Waals surface area (Å²) in [5.74, 6) is -0.135. The summed E-state index contributed by atoms with van der Waals surface area (Å²) >= 11 is 0. The minimum atomic E-state index is -0.511. The van der Waals surface area contributed by atoms with Crippen molar-refractivity contribution in [1.82, 2.24) is 0 Å². The van der Waals surface area contributed by atoms with E-state index >= 15 is 0 Å². The predicted molar refractivity (Wildman–Crippen MR) is 118 cm³/mol. The first kappa shape index (κ1) is 24.6. The second-order valence-electron chi connectivity index (χ2n) is 8.36. The summed E-state index contributed by atoms with van der Waals surface area (Å²) in [5, 5.41) is 31.1. The van der Waals surface area contributed by atoms with Gasteiger partial charge in [-0.15, -0.1) is 0 Å². The molecule has 30 heavy (non-hydrogen) atoms. The number of benzene rings is 1. The molecule has 0 amide bonds. The molecule has 2 rings (SSSR count). The third-order valence-corrected chi connectivity index (χ3v) is 6.10. The number of carbonyl (C=O) groups is 1. The monoisotopic (exact) mass is 418 g/mol. The number of hydrogen-bond acceptors (Lipinski definition) is 5. The number of hydrogen-bond donors (Lipinski definition) is 3. The van der Waals surface area contributed by atoms with Gasteiger partial charge < -0.3 is 20.1 Å². The molecule has 0 heterocycles. The van der Waals surface area contributed by atoms with Crippen LogP contribution in [0.4, 0.5) is 0 Å². The zero-order chi connectivity index (χ0) is 21.8. The molecule has 1 aromatic rings. The highest BCUT2D eigenvalue weighted by atomic mass is 16.5. The van der Waals surface area contributed by atoms with E-state index in [0.29, 0.717) is 38.7 Å². The molecule has 0 saturated heterocycles. The number of carbonyl (C=O) groups excluding carboxylic acids is 1. The van der Waals surface area contributed by atoms with Crippen molar-refractivity contribution in [3.63, 3.8) is 0 Å². The highest BCUT2D eigenvalue weighted by Gasteiger charge is 2.40. The second kappa shape index (κ2) is 13.6. The molecule has 1 aromatic carbocycles. The zero-order valence-electron chi connectivity index (χ0n) is 18.2. The lowest BCUT2D eigenvalue weighted by Crippen LogP contribution is -2.23. The molecule has 0 bridgehead atoms. The van der Waals surface area contributed by atoms with Gasteiger partial charge in [0.2, 0.25) is 0 Å². The minimum absolute atomic E-state index is 0.00978. The van der Waals surface area contributed by atoms with E-state index in [1.54, 1.807) is 6.92 Å². The number of rotatable bonds is 13. The van der Waals surface area contributed by atoms with Crippen LogP contribution in [-0.4, -0.2) is 46.2 Å². The molecule has 1 aliphatic carbocycles. The first-order valence-corrected chi connectivity index (χ1v) is 11.4. The summed E-state index contributed by atoms with van der Waals surface area (Å²) < 4.78 is 4.91. The van der Waals surface area contributed by atoms with Crippen LogP contribution in [-0.2, 0) is 16.0 Å². The smallest absolute Gasteiger partial charge is 0.305 e. The molecule has 0 aliphatic heterocycles. The van der Waals surface area contributed by atoms with Crippen LogP contribution in [0.5, 0.6) is 0 Å². The van der Waals surface area contributed by atoms with E-state index in [2.05, 4.69) is 18.2 Å². The number of ether oxygens (including phenoxy) is 1. The fraction of sp³-hybridized carbons (Fsp3) is 0.640. The van der Waals surface area contributed by atoms with Crippen LogP contribution in [0.3, 0.4) is 0 Å². The van der Waals surface area contributed by atoms with Crippen molar-refractivity contribution in [2.75, 3.05) is 6.61 Å². The van der Waals surface area contributed by atoms with Gasteiger partial charge in [-0.25, -0.2) is 0 Å². The maximum atomic E-state index is 11.3. The van der Waals surface area contributed by atoms with Gasteiger partial charge in [0.25, 0.3) is 0 Å². The maximum absolute atomic E-state index is 11.3. The molecule has 3 N–H and O–H groups in total. The fourth-order valence-corrected chi connectivity index (χ4v) is 4.38. The van der Waals surface area contributed by atoms with E-state index < -0.39 is 18.3 Å². The lowest BCUT2D eigenvalue weighted by molar-refractivity contribution is -0.143. The van der Waals surface area contributed by atoms with E-state index in [-0.39, 0.29) is 17.8 Å². The van der Waals surface area contributed by atoms with Crippen molar-refractivity contribution in [2.24, 2.45) is 11.8 Å². The third kappa shape index (κ3) is 8.58. The van der Waals surface area contributed by atoms with Crippen molar-refractivity contribution < 1.29 is 24.9 Å². The molecule has 5 heteroatoms. The highest BCUT2D eigenvalue weighted by molar-refractivity contribution is 5.69. The van der Waals surface area contributed by atoms with E-state index in [4.69, 9.17) is 4.74 Å². The summed E-state index contributed by atoms with van der Waals surface area (Å²) in [6, 6.07) is 10.1. The van der Waals surface area contributed by atoms with Crippen LogP contribution in [0.2, 0.25) is 0 Å². The van der Waals surface area contributed by atoms with Gasteiger partial charge in [0.05, 0.1) is 24.9 Å². The first-order chi connectivity index (χ1) is 14.5. The molecule has 0 unspecified atom stereocenters. The lowest BCUT2D eigenvalue weighted by atomic mass is 9.85. The van der Waals surface area contributed by atoms with Crippen LogP contribution >= 0.6 is 0 Å². The first-order valence-electron chi connectivity index (χ1n) is 11.4. The Morgan fingerprint density at radius 1 is 1.13 bits per heavy atom. The summed E-state index contributed by atoms with van der Waals surface area (Å²) in [6.45, 7) is 2.22. The largest absolute Gasteiger partial charge is 0.466 e. The van der Waals surface area contributed by atoms with Gasteiger partial charge in [0.1, 0.15) is 0 Å². The Bertz CT molecular complexity index is 630. The Kier molecular flexibility index (Phi) is 11.1. The van der Waals surface area contributed by atoms with Gasteiger partial charge in [-0.2, -0.15) is 0 Å². The summed E-state index contributed by atoms with van der Waals surface area (Å²) in [5.41, 5.74) is 1.22. The average molecular weight is 419 g/mol. The van der Waals surface area contributed by atoms with Crippen molar-refractivity contribution in [3.05, 3.63) is 48.0 Å². The van der Waals surface area contributed by atoms with Crippen LogP contribution < -0.4 is 0 Å². The van der Waals surface area contributed by atoms with Crippen LogP contribution in [0.25, 0.3) is 0 Å². The number of aliphatic hydroxyl groups is 3. The zero-order valence-corrected chi connectivity index (χ0v) is 18.2. The van der Waals surface area contributed by atoms with Crippen molar-refractivity contribution >= 4 is 5.97 Å². The topological polar surface area (TPSA) is 87.0 Å². The minimum Gasteiger partial charge on any atom is -0.466 e. The Labute approximate surface area is 180 Å². The molecule has 0 radical (unpaired) electrons. The third-order valence-electron chi connectivity index (χ3n) is 6.10. The SMILES string of the molecule is CCOC(=O)CCCC=CC[C@@H]1[C@@H](CC[C@@H](O)CCc2ccccc2)[C@H](O)C[C@@H]1O. The molecular weight excluding hydrogens is 380 g/mol. The Morgan fingerprint density at radius 2 is 1.87 bits per heavy atom. The molecule has 1 fully saturated rings. The number of aryl methyl sites for hydroxylation is 1. The van der Waals surface area contributed by atoms with E-state index in [1.807, 2.05) is 24.3 Å². The van der Waals surface area contributed by atoms with Crippen molar-refractivity contribution in [3.8, 4) is 0 Å². The quantitative estimate of drug-likeness (QED) is 0.258. The molecule has 0 spiro atoms. The Hall–Kier alpha value is -1.69. The number of aliphatic hydroxyl groups excluding tert-OH is 3. The Balaban J connectivity index is 1.71. The highest BCUT2D eigenvalue weighted by Crippen LogP contribution is 2.38. The average Bonchev–Trinajstić information content (AvgIpc) is 3.00. The van der Waals surface area contributed by atoms with Gasteiger partial charge in [0, 0.05) is 6.42 Å². The van der Waals surface area contributed by atoms with E-state index in [1.165, 1.54) is 5.56 Å². The molecule has 1 aliphatic rings. The van der Waals surface area contributed by atoms with E-state index in [9.17, 15) is 20.1 Å². The molecule has 5 nitrogen and oxygen atoms in total. The van der Waals surface area contributed by atoms with Crippen LogP contribution in [0.15, 0.2) is 42.5 Å². The normalized spacial score (nSPS) is 24.9. The van der Waals surface area contributed by atoms with Crippen LogP contribution in [0.1, 0.15) is 63.9 Å². The molecular formula is C25H38O5. The van der Waals surface area contributed by atoms with Gasteiger partial charge in [-0.05, 0) is 75.7 Å². The van der Waals surface area contributed by atoms with Gasteiger partial charge in [0.15, 0.2) is 0 Å². The maximum Gasteiger partial charge on any atom is 0.305 e. The lowest BCUT2D eigenvalue weighted by Gasteiger charge is -2.23. The van der Waals surface area contributed by atoms with Crippen LogP contribution in [0, 0.1) is 11.8 Å². The fourth-order valence-electron chi connectivity index (χ4n) is 4.38. The molecule has 1 saturated carbocycles. The number of unbranched alkanes of at least 4 members (excludes halogenated alkanes) is 1. The standard InChI is InChI=1S/C25H38O5/c1-2-30-25(29)13-9-4-3-8-12-21-22(24(28)18-23(21)27)17-16-20(26)15-14-19-10-6-5-7-11-19/h3,5-8,10-11,20-24,26-28H,2,4,9,12-18H2,1H3/t20-,21+,22+,23-,24+/m0/s1. The van der Waals surface area contributed by atoms with E-state index in [0.717, 1.165) is 25.7 Å². The summed E-state index contributed by atoms with van der Waals surface area (Å²) in [7, 11) is 0. The number of allylic oxidation sites excluding steroid dienone is 2. The van der Waals surface area contributed by atoms with Crippen molar-refractivity contribution in [1.29, 1.82) is 0 Å². The second-order valence-corrected chi connectivity index (χ2v) is 8.36. The van der Waals surface area contributed by atoms with Gasteiger partial charge in [-0.3, -0.25) is 4.79 Å². The Morgan fingerprint density at radius 3 is 2.60 bits per heavy atom. The predicted octanol–water partition coefficient (Wildman–Crippen LogP) is 3.80. The molecule has 0 aromatic heterocycles. The van der Waals surface area contributed by atoms with Crippen molar-refractivity contribution in [2.45, 2.75) is 83.0 Å². The van der Waals surface area contributed by atoms with Gasteiger partial charge in [-0.1, -0.05) is 42.5 Å². The molecule has 5 atom stereocenters. The molecule has 168 valence electrons. The van der Waals surface area contributed by atoms with Gasteiger partial charge >= 0.3 is 5.97 Å². The summed E-state index contributed by atoms with van der Waals surface area (Å²) in [4.78, 5) is 11.3.